The molecule has 2 atom stereocenters. The first-order chi connectivity index (χ1) is 12.0. The second-order valence-corrected chi connectivity index (χ2v) is 8.04. The van der Waals surface area contributed by atoms with Crippen LogP contribution in [0, 0.1) is 11.8 Å². The molecule has 6 nitrogen and oxygen atoms in total. The van der Waals surface area contributed by atoms with Gasteiger partial charge in [0, 0.05) is 18.7 Å². The summed E-state index contributed by atoms with van der Waals surface area (Å²) >= 11 is 7.49. The fraction of sp³-hybridized carbons (Fsp3) is 0.471. The number of thioether (sulfide) groups is 1. The smallest absolute Gasteiger partial charge is 0.233 e. The summed E-state index contributed by atoms with van der Waals surface area (Å²) in [5, 5.41) is 9.28. The van der Waals surface area contributed by atoms with Gasteiger partial charge in [0.1, 0.15) is 0 Å². The van der Waals surface area contributed by atoms with E-state index in [0.29, 0.717) is 33.6 Å². The zero-order chi connectivity index (χ0) is 18.0. The van der Waals surface area contributed by atoms with Crippen LogP contribution in [0.2, 0.25) is 5.02 Å². The van der Waals surface area contributed by atoms with Crippen molar-refractivity contribution in [2.24, 2.45) is 11.8 Å². The maximum absolute atomic E-state index is 12.5. The van der Waals surface area contributed by atoms with Gasteiger partial charge in [0.05, 0.1) is 10.8 Å². The third-order valence-electron chi connectivity index (χ3n) is 4.33. The lowest BCUT2D eigenvalue weighted by molar-refractivity contribution is -0.130. The van der Waals surface area contributed by atoms with Crippen molar-refractivity contribution in [3.8, 4) is 11.4 Å². The number of hydrogen-bond acceptors (Lipinski definition) is 5. The molecule has 0 aliphatic carbocycles. The SMILES string of the molecule is C[C@@H]1C[C@@H](C)CN(C(=O)CSc2nnc(-c3ccccc3Cl)n2N)C1. The Kier molecular flexibility index (Phi) is 5.54. The molecule has 2 heterocycles. The van der Waals surface area contributed by atoms with Gasteiger partial charge in [-0.15, -0.1) is 10.2 Å². The van der Waals surface area contributed by atoms with E-state index in [1.165, 1.54) is 22.9 Å². The molecule has 0 radical (unpaired) electrons. The number of halogens is 1. The van der Waals surface area contributed by atoms with Crippen LogP contribution in [-0.4, -0.2) is 44.5 Å². The Bertz CT molecular complexity index is 755. The van der Waals surface area contributed by atoms with Gasteiger partial charge in [-0.3, -0.25) is 4.79 Å². The van der Waals surface area contributed by atoms with Crippen LogP contribution in [0.4, 0.5) is 0 Å². The highest BCUT2D eigenvalue weighted by Crippen LogP contribution is 2.28. The van der Waals surface area contributed by atoms with E-state index < -0.39 is 0 Å². The number of hydrogen-bond donors (Lipinski definition) is 1. The van der Waals surface area contributed by atoms with Crippen LogP contribution in [0.5, 0.6) is 0 Å². The summed E-state index contributed by atoms with van der Waals surface area (Å²) in [6.07, 6.45) is 1.18. The molecule has 2 N–H and O–H groups in total. The van der Waals surface area contributed by atoms with Crippen LogP contribution in [0.25, 0.3) is 11.4 Å². The zero-order valence-corrected chi connectivity index (χ0v) is 15.9. The van der Waals surface area contributed by atoms with E-state index in [0.717, 1.165) is 18.7 Å². The monoisotopic (exact) mass is 379 g/mol. The van der Waals surface area contributed by atoms with Crippen molar-refractivity contribution in [2.45, 2.75) is 25.4 Å². The number of aromatic nitrogens is 3. The topological polar surface area (TPSA) is 77.0 Å². The molecule has 2 aromatic rings. The largest absolute Gasteiger partial charge is 0.341 e. The van der Waals surface area contributed by atoms with Gasteiger partial charge in [-0.2, -0.15) is 0 Å². The standard InChI is InChI=1S/C17H22ClN5OS/c1-11-7-12(2)9-22(8-11)15(24)10-25-17-21-20-16(23(17)19)13-5-3-4-6-14(13)18/h3-6,11-12H,7-10,19H2,1-2H3/t11-,12-/m1/s1. The Hall–Kier alpha value is -1.73. The first kappa shape index (κ1) is 18.1. The molecule has 134 valence electrons. The number of nitrogen functional groups attached to an aromatic ring is 1. The van der Waals surface area contributed by atoms with E-state index in [1.54, 1.807) is 6.07 Å². The maximum atomic E-state index is 12.5. The van der Waals surface area contributed by atoms with Crippen LogP contribution in [0.15, 0.2) is 29.4 Å². The predicted octanol–water partition coefficient (Wildman–Crippen LogP) is 2.91. The molecule has 3 rings (SSSR count). The number of likely N-dealkylation sites (tertiary alicyclic amines) is 1. The number of carbonyl (C=O) groups is 1. The normalized spacial score (nSPS) is 20.7. The van der Waals surface area contributed by atoms with Gasteiger partial charge in [0.25, 0.3) is 0 Å². The Morgan fingerprint density at radius 2 is 1.96 bits per heavy atom. The van der Waals surface area contributed by atoms with E-state index in [4.69, 9.17) is 17.4 Å². The van der Waals surface area contributed by atoms with E-state index in [-0.39, 0.29) is 5.91 Å². The molecule has 1 aliphatic rings. The Labute approximate surface area is 156 Å². The minimum atomic E-state index is 0.116. The fourth-order valence-corrected chi connectivity index (χ4v) is 4.27. The van der Waals surface area contributed by atoms with E-state index >= 15 is 0 Å². The molecule has 0 spiro atoms. The number of benzene rings is 1. The van der Waals surface area contributed by atoms with Gasteiger partial charge in [-0.05, 0) is 30.4 Å². The van der Waals surface area contributed by atoms with Crippen molar-refractivity contribution in [3.63, 3.8) is 0 Å². The van der Waals surface area contributed by atoms with E-state index in [1.807, 2.05) is 23.1 Å². The number of piperidine rings is 1. The van der Waals surface area contributed by atoms with Gasteiger partial charge in [-0.25, -0.2) is 4.68 Å². The van der Waals surface area contributed by atoms with Gasteiger partial charge < -0.3 is 10.7 Å². The number of rotatable bonds is 4. The second kappa shape index (κ2) is 7.66. The van der Waals surface area contributed by atoms with E-state index in [2.05, 4.69) is 24.0 Å². The number of amides is 1. The first-order valence-electron chi connectivity index (χ1n) is 8.31. The average Bonchev–Trinajstić information content (AvgIpc) is 2.93. The summed E-state index contributed by atoms with van der Waals surface area (Å²) in [5.41, 5.74) is 0.719. The Morgan fingerprint density at radius 1 is 1.28 bits per heavy atom. The van der Waals surface area contributed by atoms with Crippen molar-refractivity contribution >= 4 is 29.3 Å². The maximum Gasteiger partial charge on any atom is 0.233 e. The van der Waals surface area contributed by atoms with Crippen molar-refractivity contribution in [3.05, 3.63) is 29.3 Å². The third-order valence-corrected chi connectivity index (χ3v) is 5.58. The van der Waals surface area contributed by atoms with Gasteiger partial charge >= 0.3 is 0 Å². The van der Waals surface area contributed by atoms with Crippen LogP contribution >= 0.6 is 23.4 Å². The number of carbonyl (C=O) groups excluding carboxylic acids is 1. The molecule has 1 aromatic carbocycles. The van der Waals surface area contributed by atoms with Gasteiger partial charge in [-0.1, -0.05) is 49.3 Å². The van der Waals surface area contributed by atoms with Crippen molar-refractivity contribution in [1.29, 1.82) is 0 Å². The highest BCUT2D eigenvalue weighted by atomic mass is 35.5. The van der Waals surface area contributed by atoms with Gasteiger partial charge in [0.15, 0.2) is 5.82 Å². The minimum Gasteiger partial charge on any atom is -0.341 e. The lowest BCUT2D eigenvalue weighted by Crippen LogP contribution is -2.43. The Balaban J connectivity index is 1.66. The first-order valence-corrected chi connectivity index (χ1v) is 9.68. The summed E-state index contributed by atoms with van der Waals surface area (Å²) in [5.74, 6) is 8.09. The lowest BCUT2D eigenvalue weighted by Gasteiger charge is -2.34. The molecule has 0 bridgehead atoms. The van der Waals surface area contributed by atoms with Crippen molar-refractivity contribution < 1.29 is 4.79 Å². The highest BCUT2D eigenvalue weighted by molar-refractivity contribution is 7.99. The molecule has 25 heavy (non-hydrogen) atoms. The molecule has 1 saturated heterocycles. The average molecular weight is 380 g/mol. The minimum absolute atomic E-state index is 0.116. The third kappa shape index (κ3) is 4.10. The van der Waals surface area contributed by atoms with E-state index in [9.17, 15) is 4.79 Å². The van der Waals surface area contributed by atoms with Crippen molar-refractivity contribution in [1.82, 2.24) is 19.8 Å². The lowest BCUT2D eigenvalue weighted by atomic mass is 9.92. The van der Waals surface area contributed by atoms with Crippen molar-refractivity contribution in [2.75, 3.05) is 24.7 Å². The number of nitrogens with two attached hydrogens (primary N) is 1. The fourth-order valence-electron chi connectivity index (χ4n) is 3.29. The molecule has 0 unspecified atom stereocenters. The molecular weight excluding hydrogens is 358 g/mol. The van der Waals surface area contributed by atoms with Crippen LogP contribution < -0.4 is 5.84 Å². The summed E-state index contributed by atoms with van der Waals surface area (Å²) in [6.45, 7) is 6.03. The summed E-state index contributed by atoms with van der Waals surface area (Å²) < 4.78 is 1.39. The molecule has 0 saturated carbocycles. The molecule has 8 heteroatoms. The summed E-state index contributed by atoms with van der Waals surface area (Å²) in [7, 11) is 0. The molecule has 1 amide bonds. The molecular formula is C17H22ClN5OS. The highest BCUT2D eigenvalue weighted by Gasteiger charge is 2.26. The molecule has 1 fully saturated rings. The van der Waals surface area contributed by atoms with Crippen LogP contribution in [-0.2, 0) is 4.79 Å². The molecule has 1 aliphatic heterocycles. The zero-order valence-electron chi connectivity index (χ0n) is 14.4. The predicted molar refractivity (Wildman–Crippen MR) is 101 cm³/mol. The van der Waals surface area contributed by atoms with Gasteiger partial charge in [0.2, 0.25) is 11.1 Å². The van der Waals surface area contributed by atoms with Crippen LogP contribution in [0.3, 0.4) is 0 Å². The second-order valence-electron chi connectivity index (χ2n) is 6.69. The quantitative estimate of drug-likeness (QED) is 0.652. The van der Waals surface area contributed by atoms with Crippen LogP contribution in [0.1, 0.15) is 20.3 Å². The molecule has 1 aromatic heterocycles. The Morgan fingerprint density at radius 3 is 2.64 bits per heavy atom. The number of nitrogens with zero attached hydrogens (tertiary/aromatic N) is 4. The summed E-state index contributed by atoms with van der Waals surface area (Å²) in [6, 6.07) is 7.33. The summed E-state index contributed by atoms with van der Waals surface area (Å²) in [4.78, 5) is 14.4.